The Morgan fingerprint density at radius 2 is 1.84 bits per heavy atom. The van der Waals surface area contributed by atoms with E-state index >= 15 is 0 Å². The Kier molecular flexibility index (Phi) is 5.67. The number of hydrogen-bond acceptors (Lipinski definition) is 3. The lowest BCUT2D eigenvalue weighted by atomic mass is 9.86. The highest BCUT2D eigenvalue weighted by Crippen LogP contribution is 2.29. The molecule has 0 radical (unpaired) electrons. The summed E-state index contributed by atoms with van der Waals surface area (Å²) in [5.74, 6) is 0.908. The smallest absolute Gasteiger partial charge is 0.0604 e. The molecule has 0 bridgehead atoms. The maximum atomic E-state index is 5.66. The molecule has 0 aromatic carbocycles. The van der Waals surface area contributed by atoms with Crippen LogP contribution in [0.25, 0.3) is 0 Å². The summed E-state index contributed by atoms with van der Waals surface area (Å²) in [6.07, 6.45) is 5.79. The zero-order valence-electron chi connectivity index (χ0n) is 13.3. The van der Waals surface area contributed by atoms with Gasteiger partial charge in [-0.1, -0.05) is 0 Å². The molecule has 0 atom stereocenters. The fourth-order valence-electron chi connectivity index (χ4n) is 3.48. The average Bonchev–Trinajstić information content (AvgIpc) is 2.33. The molecular formula is C16H32N2O. The zero-order chi connectivity index (χ0) is 13.8. The van der Waals surface area contributed by atoms with Crippen molar-refractivity contribution in [2.24, 2.45) is 5.92 Å². The second-order valence-electron chi connectivity index (χ2n) is 6.72. The quantitative estimate of drug-likeness (QED) is 0.736. The first-order valence-corrected chi connectivity index (χ1v) is 8.16. The van der Waals surface area contributed by atoms with E-state index in [4.69, 9.17) is 4.74 Å². The summed E-state index contributed by atoms with van der Waals surface area (Å²) in [5.41, 5.74) is 0. The van der Waals surface area contributed by atoms with Gasteiger partial charge in [0.2, 0.25) is 0 Å². The van der Waals surface area contributed by atoms with Gasteiger partial charge in [0.25, 0.3) is 0 Å². The molecule has 2 fully saturated rings. The molecule has 1 aliphatic carbocycles. The van der Waals surface area contributed by atoms with Crippen molar-refractivity contribution >= 4 is 0 Å². The van der Waals surface area contributed by atoms with Crippen LogP contribution in [0.3, 0.4) is 0 Å². The highest BCUT2D eigenvalue weighted by Gasteiger charge is 2.33. The topological polar surface area (TPSA) is 15.7 Å². The third-order valence-electron chi connectivity index (χ3n) is 5.02. The Morgan fingerprint density at radius 3 is 2.37 bits per heavy atom. The molecule has 0 N–H and O–H groups in total. The first-order chi connectivity index (χ1) is 9.10. The van der Waals surface area contributed by atoms with Crippen molar-refractivity contribution in [3.63, 3.8) is 0 Å². The van der Waals surface area contributed by atoms with E-state index in [1.807, 2.05) is 0 Å². The van der Waals surface area contributed by atoms with E-state index in [0.29, 0.717) is 6.10 Å². The maximum Gasteiger partial charge on any atom is 0.0604 e. The molecule has 0 unspecified atom stereocenters. The minimum atomic E-state index is 0.542. The summed E-state index contributed by atoms with van der Waals surface area (Å²) in [6.45, 7) is 11.5. The predicted molar refractivity (Wildman–Crippen MR) is 80.5 cm³/mol. The van der Waals surface area contributed by atoms with Gasteiger partial charge in [-0.3, -0.25) is 0 Å². The fraction of sp³-hybridized carbons (Fsp3) is 1.00. The van der Waals surface area contributed by atoms with Crippen molar-refractivity contribution < 1.29 is 4.74 Å². The van der Waals surface area contributed by atoms with E-state index in [-0.39, 0.29) is 0 Å². The minimum absolute atomic E-state index is 0.542. The third-order valence-corrected chi connectivity index (χ3v) is 5.02. The van der Waals surface area contributed by atoms with Gasteiger partial charge in [0.05, 0.1) is 6.10 Å². The molecule has 1 aliphatic heterocycles. The van der Waals surface area contributed by atoms with Gasteiger partial charge in [-0.25, -0.2) is 0 Å². The van der Waals surface area contributed by atoms with Crippen LogP contribution in [-0.2, 0) is 4.74 Å². The fourth-order valence-corrected chi connectivity index (χ4v) is 3.48. The van der Waals surface area contributed by atoms with Gasteiger partial charge in [0.1, 0.15) is 0 Å². The molecule has 2 rings (SSSR count). The van der Waals surface area contributed by atoms with Gasteiger partial charge in [-0.15, -0.1) is 0 Å². The highest BCUT2D eigenvalue weighted by atomic mass is 16.5. The Hall–Kier alpha value is -0.120. The number of piperidine rings is 1. The summed E-state index contributed by atoms with van der Waals surface area (Å²) < 4.78 is 5.66. The molecule has 19 heavy (non-hydrogen) atoms. The molecule has 0 spiro atoms. The second-order valence-corrected chi connectivity index (χ2v) is 6.72. The van der Waals surface area contributed by atoms with Gasteiger partial charge in [-0.05, 0) is 72.5 Å². The predicted octanol–water partition coefficient (Wildman–Crippen LogP) is 2.61. The van der Waals surface area contributed by atoms with Crippen LogP contribution in [0.15, 0.2) is 0 Å². The second kappa shape index (κ2) is 7.05. The van der Waals surface area contributed by atoms with Crippen LogP contribution in [-0.4, -0.2) is 61.3 Å². The van der Waals surface area contributed by atoms with E-state index in [1.54, 1.807) is 0 Å². The molecule has 1 saturated carbocycles. The lowest BCUT2D eigenvalue weighted by molar-refractivity contribution is -0.0448. The van der Waals surface area contributed by atoms with Gasteiger partial charge in [0.15, 0.2) is 0 Å². The standard InChI is InChI=1S/C16H32N2O/c1-5-19-16-10-15(11-16)17(4)12-14-6-8-18(9-7-14)13(2)3/h13-16H,5-12H2,1-4H3. The monoisotopic (exact) mass is 268 g/mol. The molecule has 3 heteroatoms. The van der Waals surface area contributed by atoms with Crippen molar-refractivity contribution in [3.8, 4) is 0 Å². The summed E-state index contributed by atoms with van der Waals surface area (Å²) in [7, 11) is 2.31. The van der Waals surface area contributed by atoms with Gasteiger partial charge in [0, 0.05) is 25.2 Å². The van der Waals surface area contributed by atoms with Gasteiger partial charge >= 0.3 is 0 Å². The van der Waals surface area contributed by atoms with Crippen LogP contribution in [0, 0.1) is 5.92 Å². The van der Waals surface area contributed by atoms with Crippen molar-refractivity contribution in [2.45, 2.75) is 64.6 Å². The van der Waals surface area contributed by atoms with Crippen molar-refractivity contribution in [3.05, 3.63) is 0 Å². The summed E-state index contributed by atoms with van der Waals surface area (Å²) >= 11 is 0. The van der Waals surface area contributed by atoms with Crippen molar-refractivity contribution in [1.29, 1.82) is 0 Å². The van der Waals surface area contributed by atoms with E-state index in [9.17, 15) is 0 Å². The lowest BCUT2D eigenvalue weighted by Crippen LogP contribution is -2.49. The Labute approximate surface area is 119 Å². The summed E-state index contributed by atoms with van der Waals surface area (Å²) in [4.78, 5) is 5.20. The van der Waals surface area contributed by atoms with E-state index in [1.165, 1.54) is 45.3 Å². The molecule has 3 nitrogen and oxygen atoms in total. The average molecular weight is 268 g/mol. The molecule has 1 saturated heterocycles. The SMILES string of the molecule is CCOC1CC(N(C)CC2CCN(C(C)C)CC2)C1. The lowest BCUT2D eigenvalue weighted by Gasteiger charge is -2.43. The largest absolute Gasteiger partial charge is 0.378 e. The molecule has 0 amide bonds. The molecular weight excluding hydrogens is 236 g/mol. The van der Waals surface area contributed by atoms with E-state index < -0.39 is 0 Å². The van der Waals surface area contributed by atoms with Gasteiger partial charge < -0.3 is 14.5 Å². The first kappa shape index (κ1) is 15.3. The molecule has 1 heterocycles. The van der Waals surface area contributed by atoms with Crippen LogP contribution in [0.4, 0.5) is 0 Å². The Balaban J connectivity index is 1.63. The summed E-state index contributed by atoms with van der Waals surface area (Å²) in [6, 6.07) is 1.50. The highest BCUT2D eigenvalue weighted by molar-refractivity contribution is 4.88. The van der Waals surface area contributed by atoms with Crippen LogP contribution in [0.2, 0.25) is 0 Å². The minimum Gasteiger partial charge on any atom is -0.378 e. The maximum absolute atomic E-state index is 5.66. The van der Waals surface area contributed by atoms with E-state index in [0.717, 1.165) is 24.6 Å². The number of nitrogens with zero attached hydrogens (tertiary/aromatic N) is 2. The zero-order valence-corrected chi connectivity index (χ0v) is 13.3. The number of hydrogen-bond donors (Lipinski definition) is 0. The molecule has 2 aliphatic rings. The van der Waals surface area contributed by atoms with Crippen LogP contribution >= 0.6 is 0 Å². The number of ether oxygens (including phenoxy) is 1. The third kappa shape index (κ3) is 4.17. The van der Waals surface area contributed by atoms with Crippen molar-refractivity contribution in [2.75, 3.05) is 33.3 Å². The van der Waals surface area contributed by atoms with E-state index in [2.05, 4.69) is 37.6 Å². The first-order valence-electron chi connectivity index (χ1n) is 8.16. The number of rotatable bonds is 6. The number of likely N-dealkylation sites (tertiary alicyclic amines) is 1. The van der Waals surface area contributed by atoms with Crippen LogP contribution in [0.1, 0.15) is 46.5 Å². The van der Waals surface area contributed by atoms with Crippen LogP contribution < -0.4 is 0 Å². The normalized spacial score (nSPS) is 30.0. The van der Waals surface area contributed by atoms with Gasteiger partial charge in [-0.2, -0.15) is 0 Å². The summed E-state index contributed by atoms with van der Waals surface area (Å²) in [5, 5.41) is 0. The van der Waals surface area contributed by atoms with Crippen molar-refractivity contribution in [1.82, 2.24) is 9.80 Å². The Bertz CT molecular complexity index is 255. The Morgan fingerprint density at radius 1 is 1.21 bits per heavy atom. The molecule has 0 aromatic rings. The molecule has 0 aromatic heterocycles. The van der Waals surface area contributed by atoms with Crippen LogP contribution in [0.5, 0.6) is 0 Å². The molecule has 112 valence electrons.